The van der Waals surface area contributed by atoms with E-state index < -0.39 is 11.8 Å². The lowest BCUT2D eigenvalue weighted by atomic mass is 10.3. The van der Waals surface area contributed by atoms with Gasteiger partial charge in [0.1, 0.15) is 5.75 Å². The summed E-state index contributed by atoms with van der Waals surface area (Å²) in [6, 6.07) is 6.69. The fourth-order valence-electron chi connectivity index (χ4n) is 0.976. The van der Waals surface area contributed by atoms with Crippen LogP contribution in [0, 0.1) is 0 Å². The van der Waals surface area contributed by atoms with E-state index >= 15 is 0 Å². The Morgan fingerprint density at radius 1 is 1.13 bits per heavy atom. The van der Waals surface area contributed by atoms with Crippen LogP contribution in [0.4, 0.5) is 5.69 Å². The average molecular weight is 208 g/mol. The Labute approximate surface area is 87.4 Å². The number of ether oxygens (including phenoxy) is 1. The highest BCUT2D eigenvalue weighted by Gasteiger charge is 2.10. The highest BCUT2D eigenvalue weighted by Crippen LogP contribution is 2.14. The SMILES string of the molecule is CNC(=O)C(=O)Nc1ccc(OC)cc1. The van der Waals surface area contributed by atoms with Crippen molar-refractivity contribution in [1.82, 2.24) is 5.32 Å². The van der Waals surface area contributed by atoms with E-state index in [4.69, 9.17) is 4.74 Å². The molecule has 1 rings (SSSR count). The lowest BCUT2D eigenvalue weighted by Crippen LogP contribution is -2.32. The maximum absolute atomic E-state index is 11.1. The van der Waals surface area contributed by atoms with Crippen molar-refractivity contribution in [3.05, 3.63) is 24.3 Å². The number of hydrogen-bond acceptors (Lipinski definition) is 3. The normalized spacial score (nSPS) is 9.20. The molecule has 0 saturated heterocycles. The van der Waals surface area contributed by atoms with E-state index in [1.54, 1.807) is 31.4 Å². The number of likely N-dealkylation sites (N-methyl/N-ethyl adjacent to an activating group) is 1. The van der Waals surface area contributed by atoms with Crippen molar-refractivity contribution in [2.45, 2.75) is 0 Å². The largest absolute Gasteiger partial charge is 0.497 e. The first kappa shape index (κ1) is 11.0. The Morgan fingerprint density at radius 2 is 1.73 bits per heavy atom. The van der Waals surface area contributed by atoms with Gasteiger partial charge in [0.2, 0.25) is 0 Å². The smallest absolute Gasteiger partial charge is 0.313 e. The molecule has 0 radical (unpaired) electrons. The molecule has 1 aromatic carbocycles. The van der Waals surface area contributed by atoms with E-state index in [0.29, 0.717) is 11.4 Å². The van der Waals surface area contributed by atoms with E-state index in [2.05, 4.69) is 10.6 Å². The molecule has 0 unspecified atom stereocenters. The lowest BCUT2D eigenvalue weighted by Gasteiger charge is -2.04. The van der Waals surface area contributed by atoms with Crippen molar-refractivity contribution in [3.63, 3.8) is 0 Å². The number of anilines is 1. The Hall–Kier alpha value is -2.04. The monoisotopic (exact) mass is 208 g/mol. The third kappa shape index (κ3) is 2.98. The highest BCUT2D eigenvalue weighted by atomic mass is 16.5. The Kier molecular flexibility index (Phi) is 3.68. The first-order valence-electron chi connectivity index (χ1n) is 4.34. The van der Waals surface area contributed by atoms with Gasteiger partial charge in [-0.3, -0.25) is 9.59 Å². The predicted octanol–water partition coefficient (Wildman–Crippen LogP) is 0.380. The van der Waals surface area contributed by atoms with Crippen LogP contribution in [0.15, 0.2) is 24.3 Å². The molecule has 0 bridgehead atoms. The van der Waals surface area contributed by atoms with Crippen LogP contribution < -0.4 is 15.4 Å². The zero-order valence-corrected chi connectivity index (χ0v) is 8.53. The third-order valence-electron chi connectivity index (χ3n) is 1.78. The van der Waals surface area contributed by atoms with Crippen LogP contribution in [0.1, 0.15) is 0 Å². The number of methoxy groups -OCH3 is 1. The second kappa shape index (κ2) is 4.99. The molecule has 0 spiro atoms. The molecule has 0 heterocycles. The van der Waals surface area contributed by atoms with Gasteiger partial charge in [-0.1, -0.05) is 0 Å². The summed E-state index contributed by atoms with van der Waals surface area (Å²) in [5.74, 6) is -0.679. The fourth-order valence-corrected chi connectivity index (χ4v) is 0.976. The van der Waals surface area contributed by atoms with Crippen LogP contribution in [0.5, 0.6) is 5.75 Å². The standard InChI is InChI=1S/C10H12N2O3/c1-11-9(13)10(14)12-7-3-5-8(15-2)6-4-7/h3-6H,1-2H3,(H,11,13)(H,12,14). The van der Waals surface area contributed by atoms with E-state index in [1.807, 2.05) is 0 Å². The molecular weight excluding hydrogens is 196 g/mol. The summed E-state index contributed by atoms with van der Waals surface area (Å²) in [4.78, 5) is 22.0. The minimum Gasteiger partial charge on any atom is -0.497 e. The molecule has 80 valence electrons. The zero-order valence-electron chi connectivity index (χ0n) is 8.53. The van der Waals surface area contributed by atoms with Crippen LogP contribution in [0.3, 0.4) is 0 Å². The summed E-state index contributed by atoms with van der Waals surface area (Å²) < 4.78 is 4.95. The zero-order chi connectivity index (χ0) is 11.3. The number of amides is 2. The molecule has 0 aliphatic heterocycles. The first-order chi connectivity index (χ1) is 7.17. The maximum atomic E-state index is 11.1. The number of nitrogens with one attached hydrogen (secondary N) is 2. The summed E-state index contributed by atoms with van der Waals surface area (Å²) in [7, 11) is 2.95. The number of benzene rings is 1. The second-order valence-electron chi connectivity index (χ2n) is 2.76. The van der Waals surface area contributed by atoms with Crippen LogP contribution >= 0.6 is 0 Å². The minimum atomic E-state index is -0.692. The Bertz CT molecular complexity index is 359. The molecule has 1 aromatic rings. The molecule has 2 N–H and O–H groups in total. The van der Waals surface area contributed by atoms with Crippen molar-refractivity contribution >= 4 is 17.5 Å². The summed E-state index contributed by atoms with van der Waals surface area (Å²) in [5.41, 5.74) is 0.546. The molecule has 0 aromatic heterocycles. The van der Waals surface area contributed by atoms with E-state index in [1.165, 1.54) is 7.05 Å². The second-order valence-corrected chi connectivity index (χ2v) is 2.76. The first-order valence-corrected chi connectivity index (χ1v) is 4.34. The molecule has 15 heavy (non-hydrogen) atoms. The lowest BCUT2D eigenvalue weighted by molar-refractivity contribution is -0.135. The van der Waals surface area contributed by atoms with Crippen molar-refractivity contribution in [2.24, 2.45) is 0 Å². The van der Waals surface area contributed by atoms with Crippen molar-refractivity contribution in [3.8, 4) is 5.75 Å². The Balaban J connectivity index is 2.65. The minimum absolute atomic E-state index is 0.546. The topological polar surface area (TPSA) is 67.4 Å². The number of rotatable bonds is 2. The quantitative estimate of drug-likeness (QED) is 0.690. The van der Waals surface area contributed by atoms with Gasteiger partial charge >= 0.3 is 11.8 Å². The van der Waals surface area contributed by atoms with Crippen molar-refractivity contribution in [2.75, 3.05) is 19.5 Å². The van der Waals surface area contributed by atoms with Crippen LogP contribution in [0.2, 0.25) is 0 Å². The number of hydrogen-bond donors (Lipinski definition) is 2. The van der Waals surface area contributed by atoms with Gasteiger partial charge in [0, 0.05) is 12.7 Å². The molecule has 0 atom stereocenters. The average Bonchev–Trinajstić information content (AvgIpc) is 2.29. The van der Waals surface area contributed by atoms with Gasteiger partial charge in [-0.05, 0) is 24.3 Å². The molecule has 5 heteroatoms. The number of carbonyl (C=O) groups is 2. The molecule has 0 aliphatic rings. The predicted molar refractivity (Wildman–Crippen MR) is 55.7 cm³/mol. The molecule has 0 saturated carbocycles. The van der Waals surface area contributed by atoms with Gasteiger partial charge in [0.25, 0.3) is 0 Å². The third-order valence-corrected chi connectivity index (χ3v) is 1.78. The van der Waals surface area contributed by atoms with Gasteiger partial charge in [-0.2, -0.15) is 0 Å². The van der Waals surface area contributed by atoms with Gasteiger partial charge in [-0.15, -0.1) is 0 Å². The van der Waals surface area contributed by atoms with Gasteiger partial charge in [0.05, 0.1) is 7.11 Å². The van der Waals surface area contributed by atoms with Crippen molar-refractivity contribution < 1.29 is 14.3 Å². The molecule has 5 nitrogen and oxygen atoms in total. The summed E-state index contributed by atoms with van der Waals surface area (Å²) in [6.07, 6.45) is 0. The summed E-state index contributed by atoms with van der Waals surface area (Å²) in [6.45, 7) is 0. The molecule has 0 aliphatic carbocycles. The van der Waals surface area contributed by atoms with Crippen LogP contribution in [-0.2, 0) is 9.59 Å². The molecular formula is C10H12N2O3. The van der Waals surface area contributed by atoms with Gasteiger partial charge in [0.15, 0.2) is 0 Å². The molecule has 0 fully saturated rings. The summed E-state index contributed by atoms with van der Waals surface area (Å²) >= 11 is 0. The molecule has 2 amide bonds. The van der Waals surface area contributed by atoms with E-state index in [-0.39, 0.29) is 0 Å². The van der Waals surface area contributed by atoms with Gasteiger partial charge in [-0.25, -0.2) is 0 Å². The fraction of sp³-hybridized carbons (Fsp3) is 0.200. The maximum Gasteiger partial charge on any atom is 0.313 e. The highest BCUT2D eigenvalue weighted by molar-refractivity contribution is 6.39. The summed E-state index contributed by atoms with van der Waals surface area (Å²) in [5, 5.41) is 4.67. The van der Waals surface area contributed by atoms with Crippen LogP contribution in [0.25, 0.3) is 0 Å². The Morgan fingerprint density at radius 3 is 2.20 bits per heavy atom. The van der Waals surface area contributed by atoms with Crippen molar-refractivity contribution in [1.29, 1.82) is 0 Å². The van der Waals surface area contributed by atoms with Gasteiger partial charge < -0.3 is 15.4 Å². The number of carbonyl (C=O) groups excluding carboxylic acids is 2. The van der Waals surface area contributed by atoms with E-state index in [9.17, 15) is 9.59 Å². The van der Waals surface area contributed by atoms with Crippen LogP contribution in [-0.4, -0.2) is 26.0 Å². The van der Waals surface area contributed by atoms with E-state index in [0.717, 1.165) is 0 Å².